The first-order chi connectivity index (χ1) is 10.2. The van der Waals surface area contributed by atoms with Gasteiger partial charge in [-0.2, -0.15) is 0 Å². The molecule has 21 heavy (non-hydrogen) atoms. The average Bonchev–Trinajstić information content (AvgIpc) is 2.99. The summed E-state index contributed by atoms with van der Waals surface area (Å²) in [7, 11) is 0. The van der Waals surface area contributed by atoms with E-state index in [4.69, 9.17) is 20.8 Å². The van der Waals surface area contributed by atoms with E-state index in [1.165, 1.54) is 0 Å². The van der Waals surface area contributed by atoms with E-state index in [2.05, 4.69) is 10.2 Å². The molecule has 0 bridgehead atoms. The second-order valence-electron chi connectivity index (χ2n) is 4.53. The number of aromatic nitrogens is 2. The molecule has 5 heteroatoms. The van der Waals surface area contributed by atoms with Gasteiger partial charge < -0.3 is 9.15 Å². The summed E-state index contributed by atoms with van der Waals surface area (Å²) in [5, 5.41) is 8.74. The maximum atomic E-state index is 5.86. The Kier molecular flexibility index (Phi) is 3.88. The van der Waals surface area contributed by atoms with Gasteiger partial charge in [0.2, 0.25) is 5.89 Å². The molecule has 1 unspecified atom stereocenters. The zero-order chi connectivity index (χ0) is 14.7. The van der Waals surface area contributed by atoms with Gasteiger partial charge in [0.25, 0.3) is 5.89 Å². The van der Waals surface area contributed by atoms with Crippen LogP contribution in [0.15, 0.2) is 59.0 Å². The van der Waals surface area contributed by atoms with Crippen molar-refractivity contribution in [2.24, 2.45) is 0 Å². The first-order valence-corrected chi connectivity index (χ1v) is 6.91. The Hall–Kier alpha value is -2.33. The maximum absolute atomic E-state index is 5.86. The lowest BCUT2D eigenvalue weighted by molar-refractivity contribution is 0.189. The number of hydrogen-bond donors (Lipinski definition) is 0. The Morgan fingerprint density at radius 1 is 1.00 bits per heavy atom. The minimum atomic E-state index is -0.319. The van der Waals surface area contributed by atoms with Crippen molar-refractivity contribution in [2.45, 2.75) is 13.0 Å². The standard InChI is InChI=1S/C16H13ClN2O2/c1-11(20-14-5-3-2-4-6-14)15-18-19-16(21-15)12-7-9-13(17)10-8-12/h2-11H,1H3. The number of rotatable bonds is 4. The van der Waals surface area contributed by atoms with Crippen LogP contribution < -0.4 is 4.74 Å². The van der Waals surface area contributed by atoms with E-state index in [9.17, 15) is 0 Å². The third-order valence-electron chi connectivity index (χ3n) is 2.94. The van der Waals surface area contributed by atoms with Crippen molar-refractivity contribution in [3.63, 3.8) is 0 Å². The number of halogens is 1. The summed E-state index contributed by atoms with van der Waals surface area (Å²) in [4.78, 5) is 0. The van der Waals surface area contributed by atoms with Crippen LogP contribution in [0.5, 0.6) is 5.75 Å². The van der Waals surface area contributed by atoms with E-state index >= 15 is 0 Å². The molecule has 1 heterocycles. The molecule has 0 aliphatic rings. The fourth-order valence-corrected chi connectivity index (χ4v) is 1.99. The molecule has 3 aromatic rings. The van der Waals surface area contributed by atoms with Gasteiger partial charge in [-0.05, 0) is 43.3 Å². The van der Waals surface area contributed by atoms with Crippen molar-refractivity contribution >= 4 is 11.6 Å². The van der Waals surface area contributed by atoms with E-state index in [0.29, 0.717) is 16.8 Å². The highest BCUT2D eigenvalue weighted by Crippen LogP contribution is 2.25. The number of ether oxygens (including phenoxy) is 1. The quantitative estimate of drug-likeness (QED) is 0.710. The van der Waals surface area contributed by atoms with Crippen LogP contribution in [0.3, 0.4) is 0 Å². The molecule has 0 radical (unpaired) electrons. The average molecular weight is 301 g/mol. The molecule has 0 aliphatic heterocycles. The van der Waals surface area contributed by atoms with Gasteiger partial charge in [-0.1, -0.05) is 29.8 Å². The van der Waals surface area contributed by atoms with E-state index in [0.717, 1.165) is 11.3 Å². The summed E-state index contributed by atoms with van der Waals surface area (Å²) in [6.45, 7) is 1.87. The molecule has 0 saturated carbocycles. The summed E-state index contributed by atoms with van der Waals surface area (Å²) in [6.07, 6.45) is -0.319. The Labute approximate surface area is 127 Å². The summed E-state index contributed by atoms with van der Waals surface area (Å²) in [5.74, 6) is 1.64. The molecule has 0 amide bonds. The van der Waals surface area contributed by atoms with Gasteiger partial charge >= 0.3 is 0 Å². The Balaban J connectivity index is 1.76. The van der Waals surface area contributed by atoms with Crippen LogP contribution in [0.4, 0.5) is 0 Å². The molecule has 106 valence electrons. The first kappa shape index (κ1) is 13.6. The molecule has 0 fully saturated rings. The number of hydrogen-bond acceptors (Lipinski definition) is 4. The molecule has 0 aliphatic carbocycles. The third-order valence-corrected chi connectivity index (χ3v) is 3.19. The fraction of sp³-hybridized carbons (Fsp3) is 0.125. The van der Waals surface area contributed by atoms with Crippen molar-refractivity contribution in [1.29, 1.82) is 0 Å². The van der Waals surface area contributed by atoms with Crippen molar-refractivity contribution in [2.75, 3.05) is 0 Å². The van der Waals surface area contributed by atoms with Crippen LogP contribution >= 0.6 is 11.6 Å². The highest BCUT2D eigenvalue weighted by atomic mass is 35.5. The number of benzene rings is 2. The molecule has 4 nitrogen and oxygen atoms in total. The molecular formula is C16H13ClN2O2. The van der Waals surface area contributed by atoms with Gasteiger partial charge in [-0.3, -0.25) is 0 Å². The molecule has 1 atom stereocenters. The van der Waals surface area contributed by atoms with Crippen LogP contribution in [0, 0.1) is 0 Å². The lowest BCUT2D eigenvalue weighted by Gasteiger charge is -2.10. The Morgan fingerprint density at radius 2 is 1.71 bits per heavy atom. The topological polar surface area (TPSA) is 48.2 Å². The lowest BCUT2D eigenvalue weighted by Crippen LogP contribution is -2.03. The summed E-state index contributed by atoms with van der Waals surface area (Å²) in [5.41, 5.74) is 0.824. The first-order valence-electron chi connectivity index (χ1n) is 6.53. The van der Waals surface area contributed by atoms with Gasteiger partial charge in [0, 0.05) is 10.6 Å². The van der Waals surface area contributed by atoms with E-state index < -0.39 is 0 Å². The van der Waals surface area contributed by atoms with Crippen LogP contribution in [-0.2, 0) is 0 Å². The van der Waals surface area contributed by atoms with Gasteiger partial charge in [0.1, 0.15) is 5.75 Å². The van der Waals surface area contributed by atoms with Gasteiger partial charge in [-0.25, -0.2) is 0 Å². The molecule has 0 N–H and O–H groups in total. The largest absolute Gasteiger partial charge is 0.481 e. The lowest BCUT2D eigenvalue weighted by atomic mass is 10.2. The molecule has 2 aromatic carbocycles. The predicted octanol–water partition coefficient (Wildman–Crippen LogP) is 4.53. The zero-order valence-corrected chi connectivity index (χ0v) is 12.1. The minimum Gasteiger partial charge on any atom is -0.481 e. The molecular weight excluding hydrogens is 288 g/mol. The third kappa shape index (κ3) is 3.23. The van der Waals surface area contributed by atoms with E-state index in [1.807, 2.05) is 49.4 Å². The minimum absolute atomic E-state index is 0.319. The van der Waals surface area contributed by atoms with Crippen molar-refractivity contribution in [1.82, 2.24) is 10.2 Å². The number of para-hydroxylation sites is 1. The molecule has 1 aromatic heterocycles. The normalized spacial score (nSPS) is 12.1. The zero-order valence-electron chi connectivity index (χ0n) is 11.4. The summed E-state index contributed by atoms with van der Waals surface area (Å²) < 4.78 is 11.4. The summed E-state index contributed by atoms with van der Waals surface area (Å²) in [6, 6.07) is 16.8. The predicted molar refractivity (Wildman–Crippen MR) is 80.2 cm³/mol. The smallest absolute Gasteiger partial charge is 0.257 e. The van der Waals surface area contributed by atoms with Crippen LogP contribution in [-0.4, -0.2) is 10.2 Å². The Bertz CT molecular complexity index is 711. The van der Waals surface area contributed by atoms with E-state index in [1.54, 1.807) is 12.1 Å². The van der Waals surface area contributed by atoms with Crippen molar-refractivity contribution < 1.29 is 9.15 Å². The van der Waals surface area contributed by atoms with Crippen molar-refractivity contribution in [3.8, 4) is 17.2 Å². The van der Waals surface area contributed by atoms with Crippen LogP contribution in [0.25, 0.3) is 11.5 Å². The van der Waals surface area contributed by atoms with Crippen LogP contribution in [0.1, 0.15) is 18.9 Å². The van der Waals surface area contributed by atoms with Gasteiger partial charge in [0.15, 0.2) is 6.10 Å². The highest BCUT2D eigenvalue weighted by Gasteiger charge is 2.16. The SMILES string of the molecule is CC(Oc1ccccc1)c1nnc(-c2ccc(Cl)cc2)o1. The van der Waals surface area contributed by atoms with E-state index in [-0.39, 0.29) is 6.10 Å². The second kappa shape index (κ2) is 5.97. The van der Waals surface area contributed by atoms with Gasteiger partial charge in [-0.15, -0.1) is 10.2 Å². The Morgan fingerprint density at radius 3 is 2.43 bits per heavy atom. The monoisotopic (exact) mass is 300 g/mol. The molecule has 0 saturated heterocycles. The molecule has 3 rings (SSSR count). The van der Waals surface area contributed by atoms with Gasteiger partial charge in [0.05, 0.1) is 0 Å². The second-order valence-corrected chi connectivity index (χ2v) is 4.96. The highest BCUT2D eigenvalue weighted by molar-refractivity contribution is 6.30. The summed E-state index contributed by atoms with van der Waals surface area (Å²) >= 11 is 5.86. The molecule has 0 spiro atoms. The number of nitrogens with zero attached hydrogens (tertiary/aromatic N) is 2. The fourth-order valence-electron chi connectivity index (χ4n) is 1.86. The maximum Gasteiger partial charge on any atom is 0.257 e. The van der Waals surface area contributed by atoms with Crippen molar-refractivity contribution in [3.05, 3.63) is 65.5 Å². The van der Waals surface area contributed by atoms with Crippen LogP contribution in [0.2, 0.25) is 5.02 Å².